The maximum atomic E-state index is 10.2. The van der Waals surface area contributed by atoms with Crippen molar-refractivity contribution in [1.82, 2.24) is 0 Å². The Balaban J connectivity index is 2.10. The summed E-state index contributed by atoms with van der Waals surface area (Å²) in [7, 11) is 0. The van der Waals surface area contributed by atoms with Gasteiger partial charge in [0.15, 0.2) is 0 Å². The second kappa shape index (κ2) is 2.37. The van der Waals surface area contributed by atoms with Crippen LogP contribution in [0.5, 0.6) is 0 Å². The molecule has 1 aromatic rings. The molecule has 3 rings (SSSR count). The molecule has 2 aliphatic rings. The molecule has 70 valence electrons. The molecule has 2 aliphatic carbocycles. The van der Waals surface area contributed by atoms with E-state index in [9.17, 15) is 5.11 Å². The van der Waals surface area contributed by atoms with Crippen LogP contribution in [0.4, 0.5) is 0 Å². The van der Waals surface area contributed by atoms with E-state index in [0.717, 1.165) is 6.42 Å². The molecule has 0 saturated heterocycles. The van der Waals surface area contributed by atoms with Gasteiger partial charge in [-0.2, -0.15) is 5.26 Å². The van der Waals surface area contributed by atoms with Gasteiger partial charge in [0.1, 0.15) is 0 Å². The van der Waals surface area contributed by atoms with Gasteiger partial charge in [-0.3, -0.25) is 0 Å². The van der Waals surface area contributed by atoms with Crippen molar-refractivity contribution in [2.75, 3.05) is 0 Å². The SMILES string of the molecule is N#C[C@H]1C[C@]2(O)Cc3ccccc3[C@H]12. The normalized spacial score (nSPS) is 38.0. The largest absolute Gasteiger partial charge is 0.389 e. The van der Waals surface area contributed by atoms with Crippen LogP contribution in [0.25, 0.3) is 0 Å². The first kappa shape index (κ1) is 8.02. The van der Waals surface area contributed by atoms with Gasteiger partial charge < -0.3 is 5.11 Å². The molecule has 0 bridgehead atoms. The third-order valence-electron chi connectivity index (χ3n) is 3.61. The lowest BCUT2D eigenvalue weighted by Gasteiger charge is -2.44. The Bertz CT molecular complexity index is 434. The van der Waals surface area contributed by atoms with Gasteiger partial charge in [0.2, 0.25) is 0 Å². The molecule has 1 N–H and O–H groups in total. The van der Waals surface area contributed by atoms with Crippen molar-refractivity contribution in [2.24, 2.45) is 5.92 Å². The van der Waals surface area contributed by atoms with Gasteiger partial charge in [-0.15, -0.1) is 0 Å². The summed E-state index contributed by atoms with van der Waals surface area (Å²) >= 11 is 0. The Morgan fingerprint density at radius 2 is 2.21 bits per heavy atom. The number of nitriles is 1. The Labute approximate surface area is 82.8 Å². The summed E-state index contributed by atoms with van der Waals surface area (Å²) in [6.07, 6.45) is 1.37. The van der Waals surface area contributed by atoms with E-state index in [1.165, 1.54) is 11.1 Å². The van der Waals surface area contributed by atoms with Crippen molar-refractivity contribution in [3.63, 3.8) is 0 Å². The Hall–Kier alpha value is -1.33. The molecule has 0 aromatic heterocycles. The monoisotopic (exact) mass is 185 g/mol. The van der Waals surface area contributed by atoms with Crippen molar-refractivity contribution < 1.29 is 5.11 Å². The summed E-state index contributed by atoms with van der Waals surface area (Å²) < 4.78 is 0. The van der Waals surface area contributed by atoms with E-state index in [4.69, 9.17) is 5.26 Å². The number of fused-ring (bicyclic) bond motifs is 3. The van der Waals surface area contributed by atoms with Crippen LogP contribution in [0.15, 0.2) is 24.3 Å². The zero-order valence-corrected chi connectivity index (χ0v) is 7.77. The molecule has 0 amide bonds. The van der Waals surface area contributed by atoms with Crippen molar-refractivity contribution in [1.29, 1.82) is 5.26 Å². The van der Waals surface area contributed by atoms with Gasteiger partial charge >= 0.3 is 0 Å². The Kier molecular flexibility index (Phi) is 1.36. The molecule has 0 unspecified atom stereocenters. The molecule has 1 saturated carbocycles. The lowest BCUT2D eigenvalue weighted by molar-refractivity contribution is -0.0700. The number of aliphatic hydroxyl groups is 1. The lowest BCUT2D eigenvalue weighted by atomic mass is 9.62. The van der Waals surface area contributed by atoms with Crippen LogP contribution in [0.1, 0.15) is 23.5 Å². The molecule has 0 heterocycles. The number of nitrogens with zero attached hydrogens (tertiary/aromatic N) is 1. The first-order chi connectivity index (χ1) is 6.74. The summed E-state index contributed by atoms with van der Waals surface area (Å²) in [5, 5.41) is 19.1. The zero-order valence-electron chi connectivity index (χ0n) is 7.77. The molecular weight excluding hydrogens is 174 g/mol. The van der Waals surface area contributed by atoms with Gasteiger partial charge in [0.25, 0.3) is 0 Å². The summed E-state index contributed by atoms with van der Waals surface area (Å²) in [6.45, 7) is 0. The fourth-order valence-electron chi connectivity index (χ4n) is 2.98. The van der Waals surface area contributed by atoms with E-state index < -0.39 is 5.60 Å². The smallest absolute Gasteiger partial charge is 0.0781 e. The average Bonchev–Trinajstić information content (AvgIpc) is 2.38. The predicted molar refractivity (Wildman–Crippen MR) is 51.6 cm³/mol. The van der Waals surface area contributed by atoms with Gasteiger partial charge in [-0.05, 0) is 17.5 Å². The van der Waals surface area contributed by atoms with E-state index in [-0.39, 0.29) is 11.8 Å². The third kappa shape index (κ3) is 0.784. The van der Waals surface area contributed by atoms with Crippen LogP contribution in [0, 0.1) is 17.2 Å². The van der Waals surface area contributed by atoms with E-state index in [0.29, 0.717) is 6.42 Å². The van der Waals surface area contributed by atoms with E-state index >= 15 is 0 Å². The highest BCUT2D eigenvalue weighted by Crippen LogP contribution is 2.57. The van der Waals surface area contributed by atoms with Crippen LogP contribution >= 0.6 is 0 Å². The Morgan fingerprint density at radius 3 is 3.00 bits per heavy atom. The zero-order chi connectivity index (χ0) is 9.76. The fourth-order valence-corrected chi connectivity index (χ4v) is 2.98. The maximum absolute atomic E-state index is 10.2. The lowest BCUT2D eigenvalue weighted by Crippen LogP contribution is -2.49. The highest BCUT2D eigenvalue weighted by Gasteiger charge is 2.57. The van der Waals surface area contributed by atoms with E-state index in [2.05, 4.69) is 12.1 Å². The highest BCUT2D eigenvalue weighted by molar-refractivity contribution is 5.45. The minimum absolute atomic E-state index is 0.0173. The van der Waals surface area contributed by atoms with Crippen LogP contribution in [0.2, 0.25) is 0 Å². The minimum Gasteiger partial charge on any atom is -0.389 e. The van der Waals surface area contributed by atoms with Crippen LogP contribution in [0.3, 0.4) is 0 Å². The predicted octanol–water partition coefficient (Wildman–Crippen LogP) is 1.60. The summed E-state index contributed by atoms with van der Waals surface area (Å²) in [6, 6.07) is 10.4. The molecule has 1 fully saturated rings. The first-order valence-corrected chi connectivity index (χ1v) is 4.94. The van der Waals surface area contributed by atoms with Gasteiger partial charge in [0.05, 0.1) is 17.6 Å². The van der Waals surface area contributed by atoms with E-state index in [1.807, 2.05) is 18.2 Å². The standard InChI is InChI=1S/C12H11NO/c13-7-9-6-12(14)5-8-3-1-2-4-10(8)11(9)12/h1-4,9,11,14H,5-6H2/t9-,11+,12-/m1/s1. The molecule has 0 radical (unpaired) electrons. The molecule has 14 heavy (non-hydrogen) atoms. The molecular formula is C12H11NO. The molecule has 2 heteroatoms. The number of hydrogen-bond donors (Lipinski definition) is 1. The highest BCUT2D eigenvalue weighted by atomic mass is 16.3. The van der Waals surface area contributed by atoms with Crippen molar-refractivity contribution >= 4 is 0 Å². The molecule has 1 aromatic carbocycles. The second-order valence-electron chi connectivity index (χ2n) is 4.40. The van der Waals surface area contributed by atoms with Gasteiger partial charge in [-0.25, -0.2) is 0 Å². The summed E-state index contributed by atoms with van der Waals surface area (Å²) in [5.74, 6) is 0.0901. The number of rotatable bonds is 0. The van der Waals surface area contributed by atoms with Crippen molar-refractivity contribution in [3.8, 4) is 6.07 Å². The van der Waals surface area contributed by atoms with Crippen molar-refractivity contribution in [3.05, 3.63) is 35.4 Å². The van der Waals surface area contributed by atoms with Crippen LogP contribution in [-0.4, -0.2) is 10.7 Å². The number of hydrogen-bond acceptors (Lipinski definition) is 2. The van der Waals surface area contributed by atoms with Crippen LogP contribution in [-0.2, 0) is 6.42 Å². The summed E-state index contributed by atoms with van der Waals surface area (Å²) in [5.41, 5.74) is 1.80. The Morgan fingerprint density at radius 1 is 1.43 bits per heavy atom. The van der Waals surface area contributed by atoms with Crippen LogP contribution < -0.4 is 0 Å². The topological polar surface area (TPSA) is 44.0 Å². The van der Waals surface area contributed by atoms with Gasteiger partial charge in [0, 0.05) is 12.3 Å². The number of benzene rings is 1. The second-order valence-corrected chi connectivity index (χ2v) is 4.40. The maximum Gasteiger partial charge on any atom is 0.0781 e. The summed E-state index contributed by atoms with van der Waals surface area (Å²) in [4.78, 5) is 0. The molecule has 3 atom stereocenters. The molecule has 0 spiro atoms. The fraction of sp³-hybridized carbons (Fsp3) is 0.417. The quantitative estimate of drug-likeness (QED) is 0.667. The van der Waals surface area contributed by atoms with E-state index in [1.54, 1.807) is 0 Å². The first-order valence-electron chi connectivity index (χ1n) is 4.94. The molecule has 0 aliphatic heterocycles. The minimum atomic E-state index is -0.607. The average molecular weight is 185 g/mol. The van der Waals surface area contributed by atoms with Crippen molar-refractivity contribution in [2.45, 2.75) is 24.4 Å². The van der Waals surface area contributed by atoms with Gasteiger partial charge in [-0.1, -0.05) is 24.3 Å². The third-order valence-corrected chi connectivity index (χ3v) is 3.61. The molecule has 2 nitrogen and oxygen atoms in total.